The molecule has 0 aliphatic heterocycles. The van der Waals surface area contributed by atoms with Gasteiger partial charge in [0.25, 0.3) is 0 Å². The third-order valence-corrected chi connectivity index (χ3v) is 4.23. The Bertz CT molecular complexity index is 311. The van der Waals surface area contributed by atoms with Gasteiger partial charge in [-0.05, 0) is 12.8 Å². The third-order valence-electron chi connectivity index (χ3n) is 4.23. The van der Waals surface area contributed by atoms with E-state index in [4.69, 9.17) is 23.7 Å². The predicted molar refractivity (Wildman–Crippen MR) is 112 cm³/mol. The Labute approximate surface area is 172 Å². The predicted octanol–water partition coefficient (Wildman–Crippen LogP) is 4.54. The minimum absolute atomic E-state index is 0.138. The molecule has 0 spiro atoms. The lowest BCUT2D eigenvalue weighted by molar-refractivity contribution is -0.145. The van der Waals surface area contributed by atoms with Crippen molar-refractivity contribution in [3.63, 3.8) is 0 Å². The highest BCUT2D eigenvalue weighted by molar-refractivity contribution is 5.69. The standard InChI is InChI=1S/C22H44O6/c1-3-5-7-8-9-11-13-24-14-15-25-16-17-26-18-19-27-20-21-28-22(23)12-10-6-4-2/h3-21H2,1-2H3. The van der Waals surface area contributed by atoms with E-state index in [1.54, 1.807) is 0 Å². The molecule has 0 unspecified atom stereocenters. The van der Waals surface area contributed by atoms with Crippen molar-refractivity contribution in [2.24, 2.45) is 0 Å². The van der Waals surface area contributed by atoms with Crippen LogP contribution in [-0.2, 0) is 28.5 Å². The minimum atomic E-state index is -0.138. The molecule has 0 amide bonds. The van der Waals surface area contributed by atoms with E-state index in [-0.39, 0.29) is 5.97 Å². The number of rotatable bonds is 23. The van der Waals surface area contributed by atoms with Crippen molar-refractivity contribution < 1.29 is 28.5 Å². The van der Waals surface area contributed by atoms with E-state index in [0.717, 1.165) is 32.3 Å². The first kappa shape index (κ1) is 27.3. The molecule has 0 N–H and O–H groups in total. The summed E-state index contributed by atoms with van der Waals surface area (Å²) in [6.45, 7) is 9.29. The molecule has 0 rings (SSSR count). The summed E-state index contributed by atoms with van der Waals surface area (Å²) in [4.78, 5) is 11.4. The van der Waals surface area contributed by atoms with Crippen LogP contribution in [0.3, 0.4) is 0 Å². The summed E-state index contributed by atoms with van der Waals surface area (Å²) in [6.07, 6.45) is 11.3. The Hall–Kier alpha value is -0.690. The lowest BCUT2D eigenvalue weighted by Gasteiger charge is -2.08. The van der Waals surface area contributed by atoms with Crippen LogP contribution >= 0.6 is 0 Å². The molecule has 0 aromatic heterocycles. The van der Waals surface area contributed by atoms with Crippen LogP contribution < -0.4 is 0 Å². The first-order chi connectivity index (χ1) is 13.8. The molecule has 0 aliphatic rings. The van der Waals surface area contributed by atoms with Crippen molar-refractivity contribution in [3.05, 3.63) is 0 Å². The van der Waals surface area contributed by atoms with E-state index < -0.39 is 0 Å². The smallest absolute Gasteiger partial charge is 0.305 e. The van der Waals surface area contributed by atoms with E-state index in [1.165, 1.54) is 32.1 Å². The highest BCUT2D eigenvalue weighted by Crippen LogP contribution is 2.04. The molecule has 0 saturated heterocycles. The zero-order valence-electron chi connectivity index (χ0n) is 18.4. The van der Waals surface area contributed by atoms with Crippen LogP contribution in [0.15, 0.2) is 0 Å². The number of carbonyl (C=O) groups is 1. The molecule has 0 radical (unpaired) electrons. The van der Waals surface area contributed by atoms with Gasteiger partial charge >= 0.3 is 5.97 Å². The number of unbranched alkanes of at least 4 members (excludes halogenated alkanes) is 7. The Morgan fingerprint density at radius 3 is 1.50 bits per heavy atom. The number of esters is 1. The van der Waals surface area contributed by atoms with Gasteiger partial charge in [-0.15, -0.1) is 0 Å². The van der Waals surface area contributed by atoms with Crippen molar-refractivity contribution in [2.45, 2.75) is 78.1 Å². The summed E-state index contributed by atoms with van der Waals surface area (Å²) in [7, 11) is 0. The highest BCUT2D eigenvalue weighted by atomic mass is 16.6. The summed E-state index contributed by atoms with van der Waals surface area (Å²) in [5, 5.41) is 0. The first-order valence-electron chi connectivity index (χ1n) is 11.3. The van der Waals surface area contributed by atoms with Crippen molar-refractivity contribution >= 4 is 5.97 Å². The second kappa shape index (κ2) is 24.3. The molecular weight excluding hydrogens is 360 g/mol. The van der Waals surface area contributed by atoms with Gasteiger partial charge in [0.15, 0.2) is 0 Å². The van der Waals surface area contributed by atoms with E-state index in [9.17, 15) is 4.79 Å². The van der Waals surface area contributed by atoms with E-state index in [1.807, 2.05) is 0 Å². The van der Waals surface area contributed by atoms with Crippen molar-refractivity contribution in [1.29, 1.82) is 0 Å². The highest BCUT2D eigenvalue weighted by Gasteiger charge is 2.01. The fourth-order valence-electron chi connectivity index (χ4n) is 2.55. The van der Waals surface area contributed by atoms with Gasteiger partial charge in [0.05, 0.1) is 46.2 Å². The van der Waals surface area contributed by atoms with Crippen LogP contribution in [0.25, 0.3) is 0 Å². The van der Waals surface area contributed by atoms with Crippen LogP contribution in [-0.4, -0.2) is 65.4 Å². The van der Waals surface area contributed by atoms with Crippen molar-refractivity contribution in [3.8, 4) is 0 Å². The van der Waals surface area contributed by atoms with Crippen molar-refractivity contribution in [1.82, 2.24) is 0 Å². The van der Waals surface area contributed by atoms with E-state index in [2.05, 4.69) is 13.8 Å². The fraction of sp³-hybridized carbons (Fsp3) is 0.955. The normalized spacial score (nSPS) is 11.1. The molecule has 168 valence electrons. The molecule has 0 fully saturated rings. The van der Waals surface area contributed by atoms with Gasteiger partial charge in [0, 0.05) is 13.0 Å². The second-order valence-corrected chi connectivity index (χ2v) is 6.89. The van der Waals surface area contributed by atoms with Gasteiger partial charge in [-0.1, -0.05) is 58.8 Å². The van der Waals surface area contributed by atoms with Crippen LogP contribution in [0.2, 0.25) is 0 Å². The van der Waals surface area contributed by atoms with Gasteiger partial charge in [0.1, 0.15) is 6.61 Å². The Morgan fingerprint density at radius 2 is 0.929 bits per heavy atom. The lowest BCUT2D eigenvalue weighted by atomic mass is 10.1. The van der Waals surface area contributed by atoms with Crippen LogP contribution in [0.4, 0.5) is 0 Å². The number of hydrogen-bond acceptors (Lipinski definition) is 6. The van der Waals surface area contributed by atoms with Gasteiger partial charge in [-0.25, -0.2) is 0 Å². The molecule has 0 atom stereocenters. The first-order valence-corrected chi connectivity index (χ1v) is 11.3. The molecule has 6 nitrogen and oxygen atoms in total. The maximum absolute atomic E-state index is 11.4. The number of hydrogen-bond donors (Lipinski definition) is 0. The number of carbonyl (C=O) groups excluding carboxylic acids is 1. The molecule has 0 aliphatic carbocycles. The molecule has 0 heterocycles. The maximum Gasteiger partial charge on any atom is 0.305 e. The third kappa shape index (κ3) is 23.3. The average molecular weight is 405 g/mol. The van der Waals surface area contributed by atoms with Gasteiger partial charge in [0.2, 0.25) is 0 Å². The van der Waals surface area contributed by atoms with Gasteiger partial charge in [-0.2, -0.15) is 0 Å². The SMILES string of the molecule is CCCCCCCCOCCOCCOCCOCCOC(=O)CCCCC. The average Bonchev–Trinajstić information content (AvgIpc) is 2.70. The largest absolute Gasteiger partial charge is 0.463 e. The Balaban J connectivity index is 3.06. The molecule has 0 bridgehead atoms. The monoisotopic (exact) mass is 404 g/mol. The van der Waals surface area contributed by atoms with Crippen LogP contribution in [0.1, 0.15) is 78.1 Å². The minimum Gasteiger partial charge on any atom is -0.463 e. The summed E-state index contributed by atoms with van der Waals surface area (Å²) < 4.78 is 26.9. The van der Waals surface area contributed by atoms with E-state index >= 15 is 0 Å². The zero-order chi connectivity index (χ0) is 20.5. The fourth-order valence-corrected chi connectivity index (χ4v) is 2.55. The molecule has 0 saturated carbocycles. The summed E-state index contributed by atoms with van der Waals surface area (Å²) in [6, 6.07) is 0. The van der Waals surface area contributed by atoms with Gasteiger partial charge < -0.3 is 23.7 Å². The molecular formula is C22H44O6. The topological polar surface area (TPSA) is 63.2 Å². The molecule has 6 heteroatoms. The summed E-state index contributed by atoms with van der Waals surface area (Å²) in [5.41, 5.74) is 0. The molecule has 0 aromatic rings. The second-order valence-electron chi connectivity index (χ2n) is 6.89. The number of ether oxygens (including phenoxy) is 5. The molecule has 0 aromatic carbocycles. The Morgan fingerprint density at radius 1 is 0.500 bits per heavy atom. The van der Waals surface area contributed by atoms with Gasteiger partial charge in [-0.3, -0.25) is 4.79 Å². The van der Waals surface area contributed by atoms with Crippen LogP contribution in [0.5, 0.6) is 0 Å². The lowest BCUT2D eigenvalue weighted by Crippen LogP contribution is -2.14. The van der Waals surface area contributed by atoms with E-state index in [0.29, 0.717) is 59.3 Å². The summed E-state index contributed by atoms with van der Waals surface area (Å²) >= 11 is 0. The van der Waals surface area contributed by atoms with Crippen LogP contribution in [0, 0.1) is 0 Å². The summed E-state index contributed by atoms with van der Waals surface area (Å²) in [5.74, 6) is -0.138. The van der Waals surface area contributed by atoms with Crippen molar-refractivity contribution in [2.75, 3.05) is 59.5 Å². The molecule has 28 heavy (non-hydrogen) atoms. The zero-order valence-corrected chi connectivity index (χ0v) is 18.4. The Kier molecular flexibility index (Phi) is 23.7. The quantitative estimate of drug-likeness (QED) is 0.184. The maximum atomic E-state index is 11.4.